The van der Waals surface area contributed by atoms with Crippen molar-refractivity contribution in [3.63, 3.8) is 0 Å². The van der Waals surface area contributed by atoms with E-state index in [4.69, 9.17) is 0 Å². The molecule has 2 atom stereocenters. The quantitative estimate of drug-likeness (QED) is 0.882. The third kappa shape index (κ3) is 3.31. The molecule has 2 aromatic rings. The van der Waals surface area contributed by atoms with Gasteiger partial charge in [0.25, 0.3) is 0 Å². The van der Waals surface area contributed by atoms with E-state index < -0.39 is 0 Å². The van der Waals surface area contributed by atoms with Crippen molar-refractivity contribution >= 4 is 11.6 Å². The molecule has 0 fully saturated rings. The molecule has 1 aliphatic heterocycles. The Bertz CT molecular complexity index is 608. The second-order valence-electron chi connectivity index (χ2n) is 5.57. The van der Waals surface area contributed by atoms with Gasteiger partial charge in [-0.15, -0.1) is 0 Å². The van der Waals surface area contributed by atoms with E-state index in [1.54, 1.807) is 6.20 Å². The molecule has 0 saturated heterocycles. The lowest BCUT2D eigenvalue weighted by Gasteiger charge is -2.27. The number of hydrogen-bond donors (Lipinski definition) is 2. The van der Waals surface area contributed by atoms with Gasteiger partial charge in [0.15, 0.2) is 0 Å². The molecular formula is C16H20N4O. The van der Waals surface area contributed by atoms with Crippen LogP contribution in [0.3, 0.4) is 0 Å². The standard InChI is InChI=1S/C16H20N4O/c1-12(11-20-8-4-7-18-20)17-10-13-9-16(21)19-15-6-3-2-5-14(13)15/h2-8,12-13,17H,9-11H2,1H3,(H,19,21)/t12-,13+/m0/s1. The zero-order valence-corrected chi connectivity index (χ0v) is 12.1. The molecule has 0 radical (unpaired) electrons. The Kier molecular flexibility index (Phi) is 4.01. The van der Waals surface area contributed by atoms with Crippen LogP contribution >= 0.6 is 0 Å². The van der Waals surface area contributed by atoms with Crippen LogP contribution in [0.1, 0.15) is 24.8 Å². The number of aromatic nitrogens is 2. The molecule has 110 valence electrons. The number of carbonyl (C=O) groups excluding carboxylic acids is 1. The number of benzene rings is 1. The van der Waals surface area contributed by atoms with Crippen molar-refractivity contribution in [3.05, 3.63) is 48.3 Å². The van der Waals surface area contributed by atoms with E-state index in [9.17, 15) is 4.79 Å². The second-order valence-corrected chi connectivity index (χ2v) is 5.57. The van der Waals surface area contributed by atoms with Gasteiger partial charge in [0.05, 0.1) is 6.54 Å². The highest BCUT2D eigenvalue weighted by Gasteiger charge is 2.24. The molecule has 1 aromatic heterocycles. The van der Waals surface area contributed by atoms with Crippen LogP contribution in [0.15, 0.2) is 42.7 Å². The number of fused-ring (bicyclic) bond motifs is 1. The second kappa shape index (κ2) is 6.10. The molecule has 21 heavy (non-hydrogen) atoms. The molecule has 1 amide bonds. The normalized spacial score (nSPS) is 18.9. The Morgan fingerprint density at radius 1 is 1.43 bits per heavy atom. The summed E-state index contributed by atoms with van der Waals surface area (Å²) in [5.41, 5.74) is 2.16. The molecule has 2 N–H and O–H groups in total. The molecule has 3 rings (SSSR count). The van der Waals surface area contributed by atoms with Crippen LogP contribution in [0.25, 0.3) is 0 Å². The summed E-state index contributed by atoms with van der Waals surface area (Å²) in [4.78, 5) is 11.8. The van der Waals surface area contributed by atoms with E-state index in [1.807, 2.05) is 35.1 Å². The van der Waals surface area contributed by atoms with Crippen molar-refractivity contribution in [2.45, 2.75) is 31.8 Å². The average molecular weight is 284 g/mol. The Hall–Kier alpha value is -2.14. The fraction of sp³-hybridized carbons (Fsp3) is 0.375. The van der Waals surface area contributed by atoms with Gasteiger partial charge in [-0.25, -0.2) is 0 Å². The summed E-state index contributed by atoms with van der Waals surface area (Å²) in [6.45, 7) is 3.76. The predicted molar refractivity (Wildman–Crippen MR) is 82.1 cm³/mol. The number of carbonyl (C=O) groups is 1. The van der Waals surface area contributed by atoms with Crippen LogP contribution < -0.4 is 10.6 Å². The number of para-hydroxylation sites is 1. The molecule has 1 aliphatic rings. The number of hydrogen-bond acceptors (Lipinski definition) is 3. The van der Waals surface area contributed by atoms with Gasteiger partial charge in [-0.1, -0.05) is 18.2 Å². The van der Waals surface area contributed by atoms with E-state index in [1.165, 1.54) is 5.56 Å². The maximum absolute atomic E-state index is 11.8. The summed E-state index contributed by atoms with van der Waals surface area (Å²) in [6.07, 6.45) is 4.29. The fourth-order valence-electron chi connectivity index (χ4n) is 2.78. The summed E-state index contributed by atoms with van der Waals surface area (Å²) in [7, 11) is 0. The smallest absolute Gasteiger partial charge is 0.225 e. The molecule has 0 unspecified atom stereocenters. The Balaban J connectivity index is 1.61. The first-order valence-corrected chi connectivity index (χ1v) is 7.32. The van der Waals surface area contributed by atoms with Crippen LogP contribution in [-0.2, 0) is 11.3 Å². The summed E-state index contributed by atoms with van der Waals surface area (Å²) < 4.78 is 1.92. The van der Waals surface area contributed by atoms with E-state index >= 15 is 0 Å². The highest BCUT2D eigenvalue weighted by molar-refractivity contribution is 5.94. The minimum absolute atomic E-state index is 0.0974. The van der Waals surface area contributed by atoms with Crippen molar-refractivity contribution < 1.29 is 4.79 Å². The van der Waals surface area contributed by atoms with Crippen molar-refractivity contribution in [3.8, 4) is 0 Å². The average Bonchev–Trinajstić information content (AvgIpc) is 2.97. The largest absolute Gasteiger partial charge is 0.326 e. The summed E-state index contributed by atoms with van der Waals surface area (Å²) >= 11 is 0. The highest BCUT2D eigenvalue weighted by atomic mass is 16.1. The van der Waals surface area contributed by atoms with Gasteiger partial charge in [0.2, 0.25) is 5.91 Å². The molecule has 0 spiro atoms. The van der Waals surface area contributed by atoms with Gasteiger partial charge >= 0.3 is 0 Å². The maximum atomic E-state index is 11.8. The lowest BCUT2D eigenvalue weighted by Crippen LogP contribution is -2.36. The SMILES string of the molecule is C[C@@H](Cn1cccn1)NC[C@H]1CC(=O)Nc2ccccc21. The number of nitrogens with one attached hydrogen (secondary N) is 2. The van der Waals surface area contributed by atoms with E-state index in [2.05, 4.69) is 28.7 Å². The predicted octanol–water partition coefficient (Wildman–Crippen LogP) is 1.99. The third-order valence-corrected chi connectivity index (χ3v) is 3.84. The lowest BCUT2D eigenvalue weighted by molar-refractivity contribution is -0.116. The zero-order chi connectivity index (χ0) is 14.7. The molecule has 2 heterocycles. The van der Waals surface area contributed by atoms with Gasteiger partial charge in [0.1, 0.15) is 0 Å². The Morgan fingerprint density at radius 2 is 2.29 bits per heavy atom. The van der Waals surface area contributed by atoms with Crippen LogP contribution in [0.4, 0.5) is 5.69 Å². The Labute approximate surface area is 124 Å². The number of nitrogens with zero attached hydrogens (tertiary/aromatic N) is 2. The van der Waals surface area contributed by atoms with Crippen LogP contribution in [0, 0.1) is 0 Å². The van der Waals surface area contributed by atoms with Gasteiger partial charge in [0, 0.05) is 43.0 Å². The maximum Gasteiger partial charge on any atom is 0.225 e. The monoisotopic (exact) mass is 284 g/mol. The van der Waals surface area contributed by atoms with Crippen LogP contribution in [-0.4, -0.2) is 28.3 Å². The van der Waals surface area contributed by atoms with Gasteiger partial charge < -0.3 is 10.6 Å². The molecule has 0 saturated carbocycles. The topological polar surface area (TPSA) is 59.0 Å². The van der Waals surface area contributed by atoms with Crippen LogP contribution in [0.5, 0.6) is 0 Å². The lowest BCUT2D eigenvalue weighted by atomic mass is 9.90. The number of rotatable bonds is 5. The minimum Gasteiger partial charge on any atom is -0.326 e. The molecule has 5 nitrogen and oxygen atoms in total. The fourth-order valence-corrected chi connectivity index (χ4v) is 2.78. The summed E-state index contributed by atoms with van der Waals surface area (Å²) in [5.74, 6) is 0.329. The molecule has 1 aromatic carbocycles. The highest BCUT2D eigenvalue weighted by Crippen LogP contribution is 2.31. The summed E-state index contributed by atoms with van der Waals surface area (Å²) in [6, 6.07) is 10.3. The first-order chi connectivity index (χ1) is 10.2. The molecule has 5 heteroatoms. The third-order valence-electron chi connectivity index (χ3n) is 3.84. The van der Waals surface area contributed by atoms with Gasteiger partial charge in [-0.2, -0.15) is 5.10 Å². The van der Waals surface area contributed by atoms with Crippen LogP contribution in [0.2, 0.25) is 0 Å². The first-order valence-electron chi connectivity index (χ1n) is 7.32. The van der Waals surface area contributed by atoms with Crippen molar-refractivity contribution in [2.75, 3.05) is 11.9 Å². The van der Waals surface area contributed by atoms with Gasteiger partial charge in [-0.05, 0) is 24.6 Å². The van der Waals surface area contributed by atoms with Crippen molar-refractivity contribution in [2.24, 2.45) is 0 Å². The number of anilines is 1. The van der Waals surface area contributed by atoms with Crippen molar-refractivity contribution in [1.29, 1.82) is 0 Å². The Morgan fingerprint density at radius 3 is 3.10 bits per heavy atom. The zero-order valence-electron chi connectivity index (χ0n) is 12.1. The van der Waals surface area contributed by atoms with E-state index in [0.29, 0.717) is 12.5 Å². The summed E-state index contributed by atoms with van der Waals surface area (Å²) in [5, 5.41) is 10.7. The van der Waals surface area contributed by atoms with E-state index in [-0.39, 0.29) is 11.8 Å². The first kappa shape index (κ1) is 13.8. The molecule has 0 aliphatic carbocycles. The number of amides is 1. The molecular weight excluding hydrogens is 264 g/mol. The van der Waals surface area contributed by atoms with Crippen molar-refractivity contribution in [1.82, 2.24) is 15.1 Å². The molecule has 0 bridgehead atoms. The minimum atomic E-state index is 0.0974. The van der Waals surface area contributed by atoms with E-state index in [0.717, 1.165) is 18.8 Å². The van der Waals surface area contributed by atoms with Gasteiger partial charge in [-0.3, -0.25) is 9.48 Å².